The van der Waals surface area contributed by atoms with Crippen LogP contribution in [0.3, 0.4) is 0 Å². The van der Waals surface area contributed by atoms with E-state index >= 15 is 0 Å². The Bertz CT molecular complexity index is 1390. The molecule has 3 aliphatic heterocycles. The lowest BCUT2D eigenvalue weighted by Gasteiger charge is -2.42. The number of amides is 1. The molecule has 12 heteroatoms. The summed E-state index contributed by atoms with van der Waals surface area (Å²) in [6.45, 7) is 8.02. The lowest BCUT2D eigenvalue weighted by Crippen LogP contribution is -2.57. The van der Waals surface area contributed by atoms with Crippen molar-refractivity contribution in [1.82, 2.24) is 24.8 Å². The zero-order valence-electron chi connectivity index (χ0n) is 21.2. The number of aromatic amines is 1. The second-order valence-corrected chi connectivity index (χ2v) is 9.52. The van der Waals surface area contributed by atoms with Gasteiger partial charge in [0.1, 0.15) is 30.7 Å². The van der Waals surface area contributed by atoms with Gasteiger partial charge in [0.2, 0.25) is 5.95 Å². The minimum atomic E-state index is -0.0676. The third kappa shape index (κ3) is 4.44. The van der Waals surface area contributed by atoms with E-state index in [0.717, 1.165) is 32.7 Å². The van der Waals surface area contributed by atoms with Gasteiger partial charge in [-0.05, 0) is 18.6 Å². The lowest BCUT2D eigenvalue weighted by molar-refractivity contribution is -0.0746. The molecule has 0 spiro atoms. The molecule has 1 aromatic carbocycles. The predicted molar refractivity (Wildman–Crippen MR) is 140 cm³/mol. The number of hydrogen-bond acceptors (Lipinski definition) is 10. The van der Waals surface area contributed by atoms with Gasteiger partial charge in [0.05, 0.1) is 41.5 Å². The number of hydrogen-bond donors (Lipinski definition) is 3. The zero-order chi connectivity index (χ0) is 26.1. The van der Waals surface area contributed by atoms with Gasteiger partial charge in [-0.2, -0.15) is 15.2 Å². The number of nitrogens with one attached hydrogen (secondary N) is 3. The number of nitriles is 1. The Kier molecular flexibility index (Phi) is 6.61. The maximum absolute atomic E-state index is 13.5. The largest absolute Gasteiger partial charge is 0.485 e. The Morgan fingerprint density at radius 2 is 1.95 bits per heavy atom. The third-order valence-electron chi connectivity index (χ3n) is 7.10. The van der Waals surface area contributed by atoms with Crippen LogP contribution in [0.4, 0.5) is 17.5 Å². The summed E-state index contributed by atoms with van der Waals surface area (Å²) in [5.74, 6) is 1.72. The third-order valence-corrected chi connectivity index (χ3v) is 7.10. The highest BCUT2D eigenvalue weighted by Crippen LogP contribution is 2.42. The SMILES string of the molecule is CCCNc1nc(Nc2ccc(C(=O)N3CCN(C4COC4)CC3)c3c2OCCO3)nc2[nH]cc(C#N)c12. The number of piperazine rings is 1. The van der Waals surface area contributed by atoms with Crippen LogP contribution in [0.15, 0.2) is 18.3 Å². The maximum Gasteiger partial charge on any atom is 0.257 e. The van der Waals surface area contributed by atoms with Crippen molar-refractivity contribution in [3.63, 3.8) is 0 Å². The van der Waals surface area contributed by atoms with Crippen LogP contribution in [0, 0.1) is 11.3 Å². The van der Waals surface area contributed by atoms with Gasteiger partial charge in [0.15, 0.2) is 11.5 Å². The Hall–Kier alpha value is -4.08. The molecular formula is C26H30N8O4. The van der Waals surface area contributed by atoms with E-state index < -0.39 is 0 Å². The number of carbonyl (C=O) groups is 1. The van der Waals surface area contributed by atoms with E-state index in [9.17, 15) is 10.1 Å². The molecule has 5 heterocycles. The van der Waals surface area contributed by atoms with E-state index in [4.69, 9.17) is 14.2 Å². The summed E-state index contributed by atoms with van der Waals surface area (Å²) in [6.07, 6.45) is 2.53. The minimum Gasteiger partial charge on any atom is -0.485 e. The summed E-state index contributed by atoms with van der Waals surface area (Å²) in [5.41, 5.74) is 2.10. The fourth-order valence-corrected chi connectivity index (χ4v) is 4.97. The Labute approximate surface area is 219 Å². The fourth-order valence-electron chi connectivity index (χ4n) is 4.97. The lowest BCUT2D eigenvalue weighted by atomic mass is 10.1. The van der Waals surface area contributed by atoms with Gasteiger partial charge in [-0.25, -0.2) is 0 Å². The van der Waals surface area contributed by atoms with Crippen LogP contribution in [0.2, 0.25) is 0 Å². The second kappa shape index (κ2) is 10.4. The molecule has 12 nitrogen and oxygen atoms in total. The molecule has 1 amide bonds. The van der Waals surface area contributed by atoms with Gasteiger partial charge < -0.3 is 34.7 Å². The number of benzene rings is 1. The molecule has 198 valence electrons. The normalized spacial score (nSPS) is 17.6. The van der Waals surface area contributed by atoms with E-state index in [0.29, 0.717) is 90.0 Å². The summed E-state index contributed by atoms with van der Waals surface area (Å²) in [7, 11) is 0. The summed E-state index contributed by atoms with van der Waals surface area (Å²) in [4.78, 5) is 30.0. The van der Waals surface area contributed by atoms with E-state index in [2.05, 4.69) is 43.5 Å². The van der Waals surface area contributed by atoms with Crippen molar-refractivity contribution in [3.8, 4) is 17.6 Å². The van der Waals surface area contributed by atoms with Crippen molar-refractivity contribution in [1.29, 1.82) is 5.26 Å². The smallest absolute Gasteiger partial charge is 0.257 e. The first-order chi connectivity index (χ1) is 18.7. The van der Waals surface area contributed by atoms with Crippen LogP contribution in [-0.2, 0) is 4.74 Å². The van der Waals surface area contributed by atoms with Crippen molar-refractivity contribution >= 4 is 34.4 Å². The summed E-state index contributed by atoms with van der Waals surface area (Å²) >= 11 is 0. The van der Waals surface area contributed by atoms with Crippen LogP contribution >= 0.6 is 0 Å². The monoisotopic (exact) mass is 518 g/mol. The van der Waals surface area contributed by atoms with Gasteiger partial charge in [-0.3, -0.25) is 9.69 Å². The quantitative estimate of drug-likeness (QED) is 0.427. The summed E-state index contributed by atoms with van der Waals surface area (Å²) < 4.78 is 17.3. The number of fused-ring (bicyclic) bond motifs is 2. The van der Waals surface area contributed by atoms with Gasteiger partial charge >= 0.3 is 0 Å². The summed E-state index contributed by atoms with van der Waals surface area (Å²) in [5, 5.41) is 16.7. The first-order valence-corrected chi connectivity index (χ1v) is 13.0. The maximum atomic E-state index is 13.5. The number of aromatic nitrogens is 3. The van der Waals surface area contributed by atoms with Crippen molar-refractivity contribution in [2.24, 2.45) is 0 Å². The molecule has 0 unspecified atom stereocenters. The van der Waals surface area contributed by atoms with Gasteiger partial charge in [0, 0.05) is 38.9 Å². The number of rotatable bonds is 7. The Morgan fingerprint density at radius 1 is 1.16 bits per heavy atom. The molecule has 3 aliphatic rings. The molecule has 2 saturated heterocycles. The zero-order valence-corrected chi connectivity index (χ0v) is 21.2. The van der Waals surface area contributed by atoms with Crippen LogP contribution < -0.4 is 20.1 Å². The molecular weight excluding hydrogens is 488 g/mol. The molecule has 0 radical (unpaired) electrons. The average Bonchev–Trinajstić information content (AvgIpc) is 3.34. The molecule has 6 rings (SSSR count). The fraction of sp³-hybridized carbons (Fsp3) is 0.462. The van der Waals surface area contributed by atoms with Gasteiger partial charge in [-0.15, -0.1) is 0 Å². The predicted octanol–water partition coefficient (Wildman–Crippen LogP) is 2.32. The molecule has 3 aromatic rings. The topological polar surface area (TPSA) is 141 Å². The molecule has 0 atom stereocenters. The number of nitrogens with zero attached hydrogens (tertiary/aromatic N) is 5. The van der Waals surface area contributed by atoms with E-state index in [1.165, 1.54) is 0 Å². The highest BCUT2D eigenvalue weighted by molar-refractivity contribution is 5.99. The van der Waals surface area contributed by atoms with Crippen LogP contribution in [0.25, 0.3) is 11.0 Å². The Morgan fingerprint density at radius 3 is 2.66 bits per heavy atom. The number of H-pyrrole nitrogens is 1. The molecule has 2 fully saturated rings. The van der Waals surface area contributed by atoms with Crippen LogP contribution in [-0.4, -0.2) is 95.9 Å². The van der Waals surface area contributed by atoms with Crippen LogP contribution in [0.5, 0.6) is 11.5 Å². The standard InChI is InChI=1S/C26H30N8O4/c1-2-5-28-23-20-16(12-27)13-29-24(20)32-26(31-23)30-19-4-3-18(21-22(19)38-11-10-37-21)25(35)34-8-6-33(7-9-34)17-14-36-15-17/h3-4,13,17H,2,5-11,14-15H2,1H3,(H3,28,29,30,31,32). The Balaban J connectivity index is 1.26. The average molecular weight is 519 g/mol. The first kappa shape index (κ1) is 24.3. The highest BCUT2D eigenvalue weighted by Gasteiger charge is 2.32. The van der Waals surface area contributed by atoms with Crippen molar-refractivity contribution in [2.45, 2.75) is 19.4 Å². The van der Waals surface area contributed by atoms with E-state index in [1.54, 1.807) is 18.3 Å². The molecule has 3 N–H and O–H groups in total. The second-order valence-electron chi connectivity index (χ2n) is 9.52. The molecule has 0 aliphatic carbocycles. The molecule has 0 saturated carbocycles. The number of ether oxygens (including phenoxy) is 3. The van der Waals surface area contributed by atoms with Crippen molar-refractivity contribution in [2.75, 3.05) is 69.8 Å². The van der Waals surface area contributed by atoms with E-state index in [-0.39, 0.29) is 5.91 Å². The number of carbonyl (C=O) groups excluding carboxylic acids is 1. The first-order valence-electron chi connectivity index (χ1n) is 13.0. The van der Waals surface area contributed by atoms with Crippen molar-refractivity contribution in [3.05, 3.63) is 29.5 Å². The molecule has 0 bridgehead atoms. The van der Waals surface area contributed by atoms with Gasteiger partial charge in [0.25, 0.3) is 5.91 Å². The van der Waals surface area contributed by atoms with E-state index in [1.807, 2.05) is 4.90 Å². The van der Waals surface area contributed by atoms with Crippen LogP contribution in [0.1, 0.15) is 29.3 Å². The minimum absolute atomic E-state index is 0.0676. The number of anilines is 3. The van der Waals surface area contributed by atoms with Gasteiger partial charge in [-0.1, -0.05) is 6.92 Å². The highest BCUT2D eigenvalue weighted by atomic mass is 16.6. The van der Waals surface area contributed by atoms with Crippen molar-refractivity contribution < 1.29 is 19.0 Å². The molecule has 2 aromatic heterocycles. The molecule has 38 heavy (non-hydrogen) atoms. The summed E-state index contributed by atoms with van der Waals surface area (Å²) in [6, 6.07) is 6.21.